The minimum atomic E-state index is 0.481. The van der Waals surface area contributed by atoms with Gasteiger partial charge in [0.15, 0.2) is 0 Å². The molecule has 1 aromatic heterocycles. The van der Waals surface area contributed by atoms with Crippen molar-refractivity contribution < 1.29 is 0 Å². The van der Waals surface area contributed by atoms with Crippen LogP contribution >= 0.6 is 12.2 Å². The molecule has 1 rings (SSSR count). The third-order valence-electron chi connectivity index (χ3n) is 2.52. The van der Waals surface area contributed by atoms with E-state index < -0.39 is 0 Å². The van der Waals surface area contributed by atoms with Gasteiger partial charge in [-0.1, -0.05) is 12.2 Å². The minimum absolute atomic E-state index is 0.481. The van der Waals surface area contributed by atoms with Gasteiger partial charge in [0.25, 0.3) is 0 Å². The first-order chi connectivity index (χ1) is 7.49. The van der Waals surface area contributed by atoms with Crippen LogP contribution in [0, 0.1) is 0 Å². The molecule has 5 heteroatoms. The van der Waals surface area contributed by atoms with Crippen LogP contribution in [0.1, 0.15) is 25.8 Å². The lowest BCUT2D eigenvalue weighted by Crippen LogP contribution is -2.33. The SMILES string of the molecule is CC(C)N(CCC(N)=S)Cc1cnn(C)c1. The van der Waals surface area contributed by atoms with Crippen molar-refractivity contribution in [1.29, 1.82) is 0 Å². The van der Waals surface area contributed by atoms with Crippen molar-refractivity contribution in [1.82, 2.24) is 14.7 Å². The zero-order valence-electron chi connectivity index (χ0n) is 10.2. The second kappa shape index (κ2) is 5.96. The van der Waals surface area contributed by atoms with Gasteiger partial charge in [-0.2, -0.15) is 5.10 Å². The Morgan fingerprint density at radius 1 is 1.62 bits per heavy atom. The van der Waals surface area contributed by atoms with Crippen molar-refractivity contribution in [3.63, 3.8) is 0 Å². The van der Waals surface area contributed by atoms with Crippen LogP contribution in [-0.4, -0.2) is 32.3 Å². The average Bonchev–Trinajstić information content (AvgIpc) is 2.57. The molecule has 0 aliphatic rings. The van der Waals surface area contributed by atoms with Crippen LogP contribution in [0.15, 0.2) is 12.4 Å². The molecule has 16 heavy (non-hydrogen) atoms. The summed E-state index contributed by atoms with van der Waals surface area (Å²) in [5.74, 6) is 0. The summed E-state index contributed by atoms with van der Waals surface area (Å²) in [6.07, 6.45) is 4.71. The quantitative estimate of drug-likeness (QED) is 0.762. The largest absolute Gasteiger partial charge is 0.393 e. The van der Waals surface area contributed by atoms with Crippen molar-refractivity contribution in [3.05, 3.63) is 18.0 Å². The second-order valence-electron chi connectivity index (χ2n) is 4.30. The Morgan fingerprint density at radius 3 is 2.75 bits per heavy atom. The third-order valence-corrected chi connectivity index (χ3v) is 2.72. The van der Waals surface area contributed by atoms with E-state index in [-0.39, 0.29) is 0 Å². The summed E-state index contributed by atoms with van der Waals surface area (Å²) in [5.41, 5.74) is 6.75. The van der Waals surface area contributed by atoms with Crippen LogP contribution in [0.25, 0.3) is 0 Å². The highest BCUT2D eigenvalue weighted by molar-refractivity contribution is 7.80. The van der Waals surface area contributed by atoms with Gasteiger partial charge in [-0.15, -0.1) is 0 Å². The topological polar surface area (TPSA) is 47.1 Å². The smallest absolute Gasteiger partial charge is 0.0740 e. The van der Waals surface area contributed by atoms with Gasteiger partial charge in [0, 0.05) is 44.4 Å². The first-order valence-electron chi connectivity index (χ1n) is 5.49. The van der Waals surface area contributed by atoms with Crippen molar-refractivity contribution in [3.8, 4) is 0 Å². The highest BCUT2D eigenvalue weighted by Crippen LogP contribution is 2.07. The van der Waals surface area contributed by atoms with E-state index in [0.717, 1.165) is 19.5 Å². The molecular weight excluding hydrogens is 220 g/mol. The zero-order chi connectivity index (χ0) is 12.1. The normalized spacial score (nSPS) is 11.3. The molecule has 1 heterocycles. The fraction of sp³-hybridized carbons (Fsp3) is 0.636. The van der Waals surface area contributed by atoms with Crippen LogP contribution < -0.4 is 5.73 Å². The number of aryl methyl sites for hydroxylation is 1. The number of thiocarbonyl (C=S) groups is 1. The lowest BCUT2D eigenvalue weighted by atomic mass is 10.2. The Labute approximate surface area is 102 Å². The molecule has 0 aliphatic heterocycles. The van der Waals surface area contributed by atoms with Crippen LogP contribution in [0.3, 0.4) is 0 Å². The number of rotatable bonds is 6. The van der Waals surface area contributed by atoms with Gasteiger partial charge in [-0.25, -0.2) is 0 Å². The lowest BCUT2D eigenvalue weighted by Gasteiger charge is -2.25. The Balaban J connectivity index is 2.54. The molecule has 0 fully saturated rings. The van der Waals surface area contributed by atoms with E-state index >= 15 is 0 Å². The van der Waals surface area contributed by atoms with Crippen LogP contribution in [-0.2, 0) is 13.6 Å². The Morgan fingerprint density at radius 2 is 2.31 bits per heavy atom. The Bertz CT molecular complexity index is 346. The van der Waals surface area contributed by atoms with E-state index in [1.54, 1.807) is 0 Å². The number of hydrogen-bond acceptors (Lipinski definition) is 3. The minimum Gasteiger partial charge on any atom is -0.393 e. The molecule has 1 aromatic rings. The second-order valence-corrected chi connectivity index (χ2v) is 4.83. The van der Waals surface area contributed by atoms with Gasteiger partial charge in [-0.3, -0.25) is 9.58 Å². The molecule has 4 nitrogen and oxygen atoms in total. The fourth-order valence-electron chi connectivity index (χ4n) is 1.56. The summed E-state index contributed by atoms with van der Waals surface area (Å²) in [5, 5.41) is 4.16. The van der Waals surface area contributed by atoms with Gasteiger partial charge in [0.2, 0.25) is 0 Å². The van der Waals surface area contributed by atoms with Gasteiger partial charge >= 0.3 is 0 Å². The number of hydrogen-bond donors (Lipinski definition) is 1. The van der Waals surface area contributed by atoms with Crippen molar-refractivity contribution in [2.24, 2.45) is 12.8 Å². The predicted molar refractivity (Wildman–Crippen MR) is 70.2 cm³/mol. The van der Waals surface area contributed by atoms with Crippen molar-refractivity contribution in [2.45, 2.75) is 32.9 Å². The van der Waals surface area contributed by atoms with Crippen LogP contribution in [0.4, 0.5) is 0 Å². The molecule has 0 aliphatic carbocycles. The third kappa shape index (κ3) is 4.28. The summed E-state index contributed by atoms with van der Waals surface area (Å²) in [4.78, 5) is 2.92. The van der Waals surface area contributed by atoms with Gasteiger partial charge < -0.3 is 5.73 Å². The van der Waals surface area contributed by atoms with Crippen molar-refractivity contribution in [2.75, 3.05) is 6.54 Å². The number of aromatic nitrogens is 2. The molecule has 0 saturated carbocycles. The summed E-state index contributed by atoms with van der Waals surface area (Å²) < 4.78 is 1.82. The van der Waals surface area contributed by atoms with Crippen molar-refractivity contribution >= 4 is 17.2 Å². The fourth-order valence-corrected chi connectivity index (χ4v) is 1.65. The monoisotopic (exact) mass is 240 g/mol. The Kier molecular flexibility index (Phi) is 4.89. The Hall–Kier alpha value is -0.940. The number of nitrogens with two attached hydrogens (primary N) is 1. The summed E-state index contributed by atoms with van der Waals surface area (Å²) in [7, 11) is 1.93. The molecule has 0 saturated heterocycles. The first-order valence-corrected chi connectivity index (χ1v) is 5.89. The van der Waals surface area contributed by atoms with E-state index in [4.69, 9.17) is 18.0 Å². The molecule has 0 bridgehead atoms. The molecule has 0 atom stereocenters. The molecular formula is C11H20N4S. The van der Waals surface area contributed by atoms with E-state index in [2.05, 4.69) is 23.8 Å². The molecule has 0 aromatic carbocycles. The maximum absolute atomic E-state index is 5.53. The van der Waals surface area contributed by atoms with E-state index in [1.165, 1.54) is 5.56 Å². The van der Waals surface area contributed by atoms with Gasteiger partial charge in [-0.05, 0) is 13.8 Å². The predicted octanol–water partition coefficient (Wildman–Crippen LogP) is 1.31. The molecule has 0 spiro atoms. The van der Waals surface area contributed by atoms with E-state index in [0.29, 0.717) is 11.0 Å². The summed E-state index contributed by atoms with van der Waals surface area (Å²) in [6.45, 7) is 6.15. The molecule has 0 unspecified atom stereocenters. The van der Waals surface area contributed by atoms with E-state index in [9.17, 15) is 0 Å². The van der Waals surface area contributed by atoms with E-state index in [1.807, 2.05) is 24.1 Å². The van der Waals surface area contributed by atoms with Gasteiger partial charge in [0.05, 0.1) is 11.2 Å². The molecule has 0 amide bonds. The molecule has 2 N–H and O–H groups in total. The lowest BCUT2D eigenvalue weighted by molar-refractivity contribution is 0.219. The highest BCUT2D eigenvalue weighted by Gasteiger charge is 2.11. The maximum Gasteiger partial charge on any atom is 0.0740 e. The zero-order valence-corrected chi connectivity index (χ0v) is 11.0. The van der Waals surface area contributed by atoms with Gasteiger partial charge in [0.1, 0.15) is 0 Å². The average molecular weight is 240 g/mol. The molecule has 90 valence electrons. The summed E-state index contributed by atoms with van der Waals surface area (Å²) >= 11 is 4.90. The molecule has 0 radical (unpaired) electrons. The van der Waals surface area contributed by atoms with Crippen LogP contribution in [0.5, 0.6) is 0 Å². The standard InChI is InChI=1S/C11H20N4S/c1-9(2)15(5-4-11(12)16)8-10-6-13-14(3)7-10/h6-7,9H,4-5,8H2,1-3H3,(H2,12,16). The van der Waals surface area contributed by atoms with Crippen LogP contribution in [0.2, 0.25) is 0 Å². The number of nitrogens with zero attached hydrogens (tertiary/aromatic N) is 3. The highest BCUT2D eigenvalue weighted by atomic mass is 32.1. The maximum atomic E-state index is 5.53. The summed E-state index contributed by atoms with van der Waals surface area (Å²) in [6, 6.07) is 0.481. The first kappa shape index (κ1) is 13.1.